The Morgan fingerprint density at radius 1 is 1.43 bits per heavy atom. The van der Waals surface area contributed by atoms with E-state index in [9.17, 15) is 13.9 Å². The molecule has 4 nitrogen and oxygen atoms in total. The zero-order chi connectivity index (χ0) is 10.6. The molecule has 74 valence electrons. The van der Waals surface area contributed by atoms with Crippen molar-refractivity contribution in [3.8, 4) is 0 Å². The number of rotatable bonds is 3. The first kappa shape index (κ1) is 10.4. The Bertz CT molecular complexity index is 357. The van der Waals surface area contributed by atoms with Crippen molar-refractivity contribution < 1.29 is 13.9 Å². The quantitative estimate of drug-likeness (QED) is 0.453. The van der Waals surface area contributed by atoms with Crippen LogP contribution >= 0.6 is 0 Å². The second-order valence-electron chi connectivity index (χ2n) is 2.56. The molecule has 0 aliphatic heterocycles. The van der Waals surface area contributed by atoms with Crippen molar-refractivity contribution in [3.05, 3.63) is 45.8 Å². The lowest BCUT2D eigenvalue weighted by atomic mass is 10.1. The first-order valence-electron chi connectivity index (χ1n) is 3.79. The standard InChI is InChI=1S/C8H7F2N3O/c9-5-2-1-3-6(10)8(5)7(14)4-12-13-11/h1-3,7,14H,4H2. The fraction of sp³-hybridized carbons (Fsp3) is 0.250. The van der Waals surface area contributed by atoms with E-state index in [-0.39, 0.29) is 0 Å². The molecule has 0 spiro atoms. The van der Waals surface area contributed by atoms with Gasteiger partial charge in [0.25, 0.3) is 0 Å². The lowest BCUT2D eigenvalue weighted by molar-refractivity contribution is 0.176. The van der Waals surface area contributed by atoms with Crippen LogP contribution in [0.5, 0.6) is 0 Å². The molecule has 0 aromatic heterocycles. The molecule has 1 atom stereocenters. The highest BCUT2D eigenvalue weighted by Gasteiger charge is 2.16. The van der Waals surface area contributed by atoms with Gasteiger partial charge in [-0.05, 0) is 17.7 Å². The third-order valence-corrected chi connectivity index (χ3v) is 1.65. The van der Waals surface area contributed by atoms with E-state index in [4.69, 9.17) is 5.53 Å². The molecule has 1 unspecified atom stereocenters. The maximum Gasteiger partial charge on any atom is 0.131 e. The van der Waals surface area contributed by atoms with E-state index in [1.807, 2.05) is 0 Å². The highest BCUT2D eigenvalue weighted by Crippen LogP contribution is 2.20. The fourth-order valence-electron chi connectivity index (χ4n) is 1.03. The first-order chi connectivity index (χ1) is 6.66. The zero-order valence-electron chi connectivity index (χ0n) is 7.06. The highest BCUT2D eigenvalue weighted by molar-refractivity contribution is 5.22. The Labute approximate surface area is 78.4 Å². The molecule has 1 aromatic carbocycles. The maximum absolute atomic E-state index is 13.0. The summed E-state index contributed by atoms with van der Waals surface area (Å²) in [5.41, 5.74) is 7.49. The largest absolute Gasteiger partial charge is 0.388 e. The Kier molecular flexibility index (Phi) is 3.39. The van der Waals surface area contributed by atoms with E-state index in [2.05, 4.69) is 10.0 Å². The molecule has 0 amide bonds. The van der Waals surface area contributed by atoms with Gasteiger partial charge in [-0.2, -0.15) is 0 Å². The average molecular weight is 199 g/mol. The van der Waals surface area contributed by atoms with Gasteiger partial charge in [0.05, 0.1) is 18.2 Å². The molecule has 0 fully saturated rings. The normalized spacial score (nSPS) is 11.9. The minimum Gasteiger partial charge on any atom is -0.388 e. The molecule has 6 heteroatoms. The van der Waals surface area contributed by atoms with Crippen molar-refractivity contribution in [2.24, 2.45) is 5.11 Å². The summed E-state index contributed by atoms with van der Waals surface area (Å²) >= 11 is 0. The van der Waals surface area contributed by atoms with Crippen LogP contribution in [0.3, 0.4) is 0 Å². The first-order valence-corrected chi connectivity index (χ1v) is 3.79. The van der Waals surface area contributed by atoms with E-state index in [1.165, 1.54) is 6.07 Å². The Morgan fingerprint density at radius 3 is 2.50 bits per heavy atom. The molecule has 0 saturated heterocycles. The SMILES string of the molecule is [N-]=[N+]=NCC(O)c1c(F)cccc1F. The molecule has 0 heterocycles. The van der Waals surface area contributed by atoms with Crippen LogP contribution in [0.15, 0.2) is 23.3 Å². The topological polar surface area (TPSA) is 69.0 Å². The van der Waals surface area contributed by atoms with Gasteiger partial charge in [-0.3, -0.25) is 0 Å². The van der Waals surface area contributed by atoms with Gasteiger partial charge in [-0.1, -0.05) is 11.2 Å². The van der Waals surface area contributed by atoms with E-state index in [0.29, 0.717) is 0 Å². The maximum atomic E-state index is 13.0. The van der Waals surface area contributed by atoms with Gasteiger partial charge >= 0.3 is 0 Å². The van der Waals surface area contributed by atoms with Gasteiger partial charge in [0, 0.05) is 4.91 Å². The molecule has 0 aliphatic carbocycles. The van der Waals surface area contributed by atoms with Crippen LogP contribution in [-0.2, 0) is 0 Å². The lowest BCUT2D eigenvalue weighted by Crippen LogP contribution is -2.06. The Hall–Kier alpha value is -1.65. The van der Waals surface area contributed by atoms with Gasteiger partial charge in [0.1, 0.15) is 11.6 Å². The molecule has 0 aliphatic rings. The number of azide groups is 1. The zero-order valence-corrected chi connectivity index (χ0v) is 7.06. The number of benzene rings is 1. The predicted molar refractivity (Wildman–Crippen MR) is 45.3 cm³/mol. The molecule has 0 bridgehead atoms. The van der Waals surface area contributed by atoms with E-state index < -0.39 is 29.8 Å². The summed E-state index contributed by atoms with van der Waals surface area (Å²) in [6, 6.07) is 3.24. The van der Waals surface area contributed by atoms with E-state index in [0.717, 1.165) is 12.1 Å². The smallest absolute Gasteiger partial charge is 0.131 e. The number of hydrogen-bond acceptors (Lipinski definition) is 2. The van der Waals surface area contributed by atoms with Crippen molar-refractivity contribution in [3.63, 3.8) is 0 Å². The van der Waals surface area contributed by atoms with Crippen LogP contribution in [0, 0.1) is 11.6 Å². The summed E-state index contributed by atoms with van der Waals surface area (Å²) in [5, 5.41) is 12.3. The summed E-state index contributed by atoms with van der Waals surface area (Å²) < 4.78 is 26.0. The van der Waals surface area contributed by atoms with Crippen molar-refractivity contribution in [2.45, 2.75) is 6.10 Å². The summed E-state index contributed by atoms with van der Waals surface area (Å²) in [6.07, 6.45) is -1.45. The molecule has 1 aromatic rings. The van der Waals surface area contributed by atoms with Crippen molar-refractivity contribution >= 4 is 0 Å². The van der Waals surface area contributed by atoms with Gasteiger partial charge < -0.3 is 5.11 Å². The van der Waals surface area contributed by atoms with Crippen LogP contribution < -0.4 is 0 Å². The predicted octanol–water partition coefficient (Wildman–Crippen LogP) is 2.31. The monoisotopic (exact) mass is 199 g/mol. The number of aliphatic hydroxyl groups excluding tert-OH is 1. The molecule has 1 rings (SSSR count). The second kappa shape index (κ2) is 4.55. The minimum absolute atomic E-state index is 0.394. The van der Waals surface area contributed by atoms with Crippen LogP contribution in [0.2, 0.25) is 0 Å². The van der Waals surface area contributed by atoms with Gasteiger partial charge in [0.15, 0.2) is 0 Å². The van der Waals surface area contributed by atoms with Gasteiger partial charge in [0.2, 0.25) is 0 Å². The molecular weight excluding hydrogens is 192 g/mol. The third-order valence-electron chi connectivity index (χ3n) is 1.65. The number of nitrogens with zero attached hydrogens (tertiary/aromatic N) is 3. The summed E-state index contributed by atoms with van der Waals surface area (Å²) in [5.74, 6) is -1.71. The number of hydrogen-bond donors (Lipinski definition) is 1. The summed E-state index contributed by atoms with van der Waals surface area (Å²) in [7, 11) is 0. The van der Waals surface area contributed by atoms with Crippen LogP contribution in [0.1, 0.15) is 11.7 Å². The third kappa shape index (κ3) is 2.18. The van der Waals surface area contributed by atoms with Crippen molar-refractivity contribution in [1.29, 1.82) is 0 Å². The number of halogens is 2. The van der Waals surface area contributed by atoms with Crippen molar-refractivity contribution in [2.75, 3.05) is 6.54 Å². The van der Waals surface area contributed by atoms with E-state index >= 15 is 0 Å². The number of aliphatic hydroxyl groups is 1. The molecular formula is C8H7F2N3O. The summed E-state index contributed by atoms with van der Waals surface area (Å²) in [4.78, 5) is 2.38. The molecule has 0 radical (unpaired) electrons. The van der Waals surface area contributed by atoms with Gasteiger partial charge in [-0.15, -0.1) is 0 Å². The Morgan fingerprint density at radius 2 is 2.00 bits per heavy atom. The van der Waals surface area contributed by atoms with Crippen LogP contribution in [0.4, 0.5) is 8.78 Å². The lowest BCUT2D eigenvalue weighted by Gasteiger charge is -2.09. The van der Waals surface area contributed by atoms with Crippen LogP contribution in [0.25, 0.3) is 10.4 Å². The molecule has 14 heavy (non-hydrogen) atoms. The van der Waals surface area contributed by atoms with Gasteiger partial charge in [-0.25, -0.2) is 8.78 Å². The molecule has 0 saturated carbocycles. The second-order valence-corrected chi connectivity index (χ2v) is 2.56. The van der Waals surface area contributed by atoms with Crippen LogP contribution in [-0.4, -0.2) is 11.7 Å². The Balaban J connectivity index is 2.99. The minimum atomic E-state index is -1.45. The molecule has 1 N–H and O–H groups in total. The highest BCUT2D eigenvalue weighted by atomic mass is 19.1. The summed E-state index contributed by atoms with van der Waals surface area (Å²) in [6.45, 7) is -0.394. The fourth-order valence-corrected chi connectivity index (χ4v) is 1.03. The van der Waals surface area contributed by atoms with Crippen molar-refractivity contribution in [1.82, 2.24) is 0 Å². The average Bonchev–Trinajstić information content (AvgIpc) is 2.14. The van der Waals surface area contributed by atoms with E-state index in [1.54, 1.807) is 0 Å².